The lowest BCUT2D eigenvalue weighted by atomic mass is 10.2. The molecule has 1 aliphatic rings. The second-order valence-corrected chi connectivity index (χ2v) is 6.89. The molecule has 1 fully saturated rings. The molecule has 2 N–H and O–H groups in total. The Bertz CT molecular complexity index is 1050. The molecular formula is C19H20F2N6O. The molecule has 0 aliphatic carbocycles. The van der Waals surface area contributed by atoms with Gasteiger partial charge in [0, 0.05) is 43.7 Å². The van der Waals surface area contributed by atoms with Crippen molar-refractivity contribution in [3.8, 4) is 0 Å². The van der Waals surface area contributed by atoms with E-state index in [9.17, 15) is 13.6 Å². The summed E-state index contributed by atoms with van der Waals surface area (Å²) in [6.07, 6.45) is 5.60. The number of pyridine rings is 2. The fourth-order valence-corrected chi connectivity index (χ4v) is 3.44. The highest BCUT2D eigenvalue weighted by Crippen LogP contribution is 2.22. The van der Waals surface area contributed by atoms with E-state index in [-0.39, 0.29) is 17.0 Å². The Labute approximate surface area is 160 Å². The first-order valence-electron chi connectivity index (χ1n) is 8.98. The van der Waals surface area contributed by atoms with Crippen LogP contribution >= 0.6 is 0 Å². The lowest BCUT2D eigenvalue weighted by molar-refractivity contribution is 0.101. The molecule has 1 amide bonds. The van der Waals surface area contributed by atoms with Crippen LogP contribution in [-0.4, -0.2) is 46.5 Å². The van der Waals surface area contributed by atoms with E-state index in [0.29, 0.717) is 17.4 Å². The highest BCUT2D eigenvalue weighted by Gasteiger charge is 2.23. The zero-order valence-corrected chi connectivity index (χ0v) is 15.5. The number of amides is 1. The molecule has 0 spiro atoms. The second kappa shape index (κ2) is 7.16. The zero-order valence-electron chi connectivity index (χ0n) is 15.5. The van der Waals surface area contributed by atoms with Crippen LogP contribution in [0.4, 0.5) is 20.2 Å². The van der Waals surface area contributed by atoms with Crippen molar-refractivity contribution >= 4 is 22.9 Å². The molecule has 3 aromatic rings. The maximum atomic E-state index is 14.5. The van der Waals surface area contributed by atoms with Crippen molar-refractivity contribution in [2.75, 3.05) is 30.4 Å². The molecule has 28 heavy (non-hydrogen) atoms. The van der Waals surface area contributed by atoms with Gasteiger partial charge < -0.3 is 19.9 Å². The third-order valence-corrected chi connectivity index (χ3v) is 4.89. The Balaban J connectivity index is 1.53. The van der Waals surface area contributed by atoms with Gasteiger partial charge in [-0.1, -0.05) is 0 Å². The minimum atomic E-state index is -0.742. The standard InChI is InChI=1S/C19H20F2N6O/c1-11-8-27-10-13(5-16(21)18(27)24-11)25-19(28)17-15(20)6-14(7-23-17)26-4-3-12(9-26)22-2/h5-8,10,12,22H,3-4,9H2,1-2H3,(H,25,28)/t12-/m1/s1. The Hall–Kier alpha value is -3.07. The number of nitrogens with zero attached hydrogens (tertiary/aromatic N) is 4. The SMILES string of the molecule is CN[C@@H]1CCN(c2cnc(C(=O)Nc3cc(F)c4nc(C)cn4c3)c(F)c2)C1. The molecular weight excluding hydrogens is 366 g/mol. The zero-order chi connectivity index (χ0) is 19.8. The van der Waals surface area contributed by atoms with Crippen molar-refractivity contribution in [2.45, 2.75) is 19.4 Å². The van der Waals surface area contributed by atoms with Crippen LogP contribution in [0.15, 0.2) is 30.7 Å². The average Bonchev–Trinajstić information content (AvgIpc) is 3.27. The van der Waals surface area contributed by atoms with E-state index in [1.54, 1.807) is 13.1 Å². The van der Waals surface area contributed by atoms with Gasteiger partial charge in [0.15, 0.2) is 23.0 Å². The number of aromatic nitrogens is 3. The topological polar surface area (TPSA) is 74.6 Å². The molecule has 0 bridgehead atoms. The summed E-state index contributed by atoms with van der Waals surface area (Å²) >= 11 is 0. The molecule has 1 atom stereocenters. The molecule has 7 nitrogen and oxygen atoms in total. The Morgan fingerprint density at radius 1 is 1.25 bits per heavy atom. The summed E-state index contributed by atoms with van der Waals surface area (Å²) in [5.41, 5.74) is 1.29. The molecule has 4 rings (SSSR count). The summed E-state index contributed by atoms with van der Waals surface area (Å²) in [6.45, 7) is 3.29. The highest BCUT2D eigenvalue weighted by atomic mass is 19.1. The molecule has 0 unspecified atom stereocenters. The summed E-state index contributed by atoms with van der Waals surface area (Å²) in [5, 5.41) is 5.69. The van der Waals surface area contributed by atoms with E-state index in [1.807, 2.05) is 11.9 Å². The predicted octanol–water partition coefficient (Wildman–Crippen LogP) is 2.37. The van der Waals surface area contributed by atoms with Crippen LogP contribution in [0.1, 0.15) is 22.6 Å². The number of aryl methyl sites for hydroxylation is 1. The first kappa shape index (κ1) is 18.3. The predicted molar refractivity (Wildman–Crippen MR) is 102 cm³/mol. The number of carbonyl (C=O) groups is 1. The van der Waals surface area contributed by atoms with Crippen LogP contribution in [0.3, 0.4) is 0 Å². The maximum Gasteiger partial charge on any atom is 0.277 e. The van der Waals surface area contributed by atoms with Gasteiger partial charge in [0.05, 0.1) is 23.3 Å². The van der Waals surface area contributed by atoms with Crippen molar-refractivity contribution in [1.82, 2.24) is 19.7 Å². The van der Waals surface area contributed by atoms with Crippen LogP contribution in [-0.2, 0) is 0 Å². The lowest BCUT2D eigenvalue weighted by Gasteiger charge is -2.18. The number of anilines is 2. The third-order valence-electron chi connectivity index (χ3n) is 4.89. The number of halogens is 2. The van der Waals surface area contributed by atoms with Crippen molar-refractivity contribution in [1.29, 1.82) is 0 Å². The van der Waals surface area contributed by atoms with Gasteiger partial charge in [-0.25, -0.2) is 18.7 Å². The summed E-state index contributed by atoms with van der Waals surface area (Å²) in [7, 11) is 1.89. The number of nitrogens with one attached hydrogen (secondary N) is 2. The van der Waals surface area contributed by atoms with Crippen molar-refractivity contribution in [3.05, 3.63) is 53.7 Å². The minimum absolute atomic E-state index is 0.162. The fourth-order valence-electron chi connectivity index (χ4n) is 3.44. The summed E-state index contributed by atoms with van der Waals surface area (Å²) < 4.78 is 30.1. The van der Waals surface area contributed by atoms with Crippen LogP contribution in [0.5, 0.6) is 0 Å². The van der Waals surface area contributed by atoms with Crippen LogP contribution in [0, 0.1) is 18.6 Å². The molecule has 9 heteroatoms. The molecule has 146 valence electrons. The van der Waals surface area contributed by atoms with Gasteiger partial charge in [-0.05, 0) is 20.4 Å². The van der Waals surface area contributed by atoms with Gasteiger partial charge in [-0.2, -0.15) is 0 Å². The largest absolute Gasteiger partial charge is 0.369 e. The number of rotatable bonds is 4. The van der Waals surface area contributed by atoms with E-state index in [4.69, 9.17) is 0 Å². The van der Waals surface area contributed by atoms with Crippen molar-refractivity contribution in [2.24, 2.45) is 0 Å². The quantitative estimate of drug-likeness (QED) is 0.720. The molecule has 4 heterocycles. The van der Waals surface area contributed by atoms with Gasteiger partial charge >= 0.3 is 0 Å². The molecule has 0 aromatic carbocycles. The summed E-state index contributed by atoms with van der Waals surface area (Å²) in [6, 6.07) is 2.81. The minimum Gasteiger partial charge on any atom is -0.369 e. The monoisotopic (exact) mass is 386 g/mol. The Morgan fingerprint density at radius 2 is 2.07 bits per heavy atom. The van der Waals surface area contributed by atoms with Gasteiger partial charge in [-0.15, -0.1) is 0 Å². The lowest BCUT2D eigenvalue weighted by Crippen LogP contribution is -2.29. The maximum absolute atomic E-state index is 14.5. The molecule has 0 saturated carbocycles. The number of likely N-dealkylation sites (N-methyl/N-ethyl adjacent to an activating group) is 1. The molecule has 3 aromatic heterocycles. The molecule has 0 radical (unpaired) electrons. The Kier molecular flexibility index (Phi) is 4.68. The Morgan fingerprint density at radius 3 is 2.79 bits per heavy atom. The normalized spacial score (nSPS) is 16.7. The number of hydrogen-bond donors (Lipinski definition) is 2. The van der Waals surface area contributed by atoms with E-state index in [0.717, 1.165) is 25.6 Å². The summed E-state index contributed by atoms with van der Waals surface area (Å²) in [4.78, 5) is 22.5. The van der Waals surface area contributed by atoms with Gasteiger partial charge in [0.25, 0.3) is 5.91 Å². The van der Waals surface area contributed by atoms with Gasteiger partial charge in [0.2, 0.25) is 0 Å². The highest BCUT2D eigenvalue weighted by molar-refractivity contribution is 6.03. The number of imidazole rings is 1. The summed E-state index contributed by atoms with van der Waals surface area (Å²) in [5.74, 6) is -2.04. The molecule has 1 aliphatic heterocycles. The smallest absolute Gasteiger partial charge is 0.277 e. The first-order valence-corrected chi connectivity index (χ1v) is 8.98. The van der Waals surface area contributed by atoms with Gasteiger partial charge in [-0.3, -0.25) is 4.79 Å². The average molecular weight is 386 g/mol. The van der Waals surface area contributed by atoms with Crippen LogP contribution in [0.25, 0.3) is 5.65 Å². The number of fused-ring (bicyclic) bond motifs is 1. The number of hydrogen-bond acceptors (Lipinski definition) is 5. The first-order chi connectivity index (χ1) is 13.4. The van der Waals surface area contributed by atoms with Gasteiger partial charge in [0.1, 0.15) is 0 Å². The third kappa shape index (κ3) is 3.40. The fraction of sp³-hybridized carbons (Fsp3) is 0.316. The van der Waals surface area contributed by atoms with Crippen molar-refractivity contribution < 1.29 is 13.6 Å². The van der Waals surface area contributed by atoms with E-state index >= 15 is 0 Å². The van der Waals surface area contributed by atoms with E-state index < -0.39 is 17.5 Å². The second-order valence-electron chi connectivity index (χ2n) is 6.89. The molecule has 1 saturated heterocycles. The van der Waals surface area contributed by atoms with Crippen molar-refractivity contribution in [3.63, 3.8) is 0 Å². The van der Waals surface area contributed by atoms with E-state index in [1.165, 1.54) is 22.9 Å². The number of carbonyl (C=O) groups excluding carboxylic acids is 1. The van der Waals surface area contributed by atoms with Crippen LogP contribution < -0.4 is 15.5 Å². The van der Waals surface area contributed by atoms with Crippen LogP contribution in [0.2, 0.25) is 0 Å². The van der Waals surface area contributed by atoms with E-state index in [2.05, 4.69) is 20.6 Å².